The van der Waals surface area contributed by atoms with Crippen LogP contribution in [0.2, 0.25) is 0 Å². The van der Waals surface area contributed by atoms with E-state index in [-0.39, 0.29) is 43.3 Å². The van der Waals surface area contributed by atoms with Gasteiger partial charge in [-0.25, -0.2) is 0 Å². The number of para-hydroxylation sites is 1. The summed E-state index contributed by atoms with van der Waals surface area (Å²) in [6.07, 6.45) is -0.834. The summed E-state index contributed by atoms with van der Waals surface area (Å²) in [7, 11) is 3.02. The van der Waals surface area contributed by atoms with Crippen LogP contribution in [0.5, 0.6) is 17.2 Å². The van der Waals surface area contributed by atoms with E-state index < -0.39 is 6.10 Å². The molecular formula is C25H34N2O6. The normalized spacial score (nSPS) is 11.9. The standard InChI is InChI=1S/C25H34N2O6/c1-25(2,3)18-11-9-17(10-12-18)24(30)26-14-13-22(29)27-15-19(28)16-33-23-20(31-4)7-6-8-21(23)32-5/h6-12,19,28H,13-16H2,1-5H3,(H,26,30)(H,27,29). The number of rotatable bonds is 11. The lowest BCUT2D eigenvalue weighted by Gasteiger charge is -2.19. The van der Waals surface area contributed by atoms with Crippen molar-refractivity contribution in [3.05, 3.63) is 53.6 Å². The number of methoxy groups -OCH3 is 2. The molecule has 1 unspecified atom stereocenters. The van der Waals surface area contributed by atoms with Gasteiger partial charge in [-0.05, 0) is 35.2 Å². The average molecular weight is 459 g/mol. The quantitative estimate of drug-likeness (QED) is 0.478. The molecule has 2 amide bonds. The molecule has 0 aliphatic carbocycles. The topological polar surface area (TPSA) is 106 Å². The molecule has 3 N–H and O–H groups in total. The van der Waals surface area contributed by atoms with Crippen molar-refractivity contribution in [1.82, 2.24) is 10.6 Å². The van der Waals surface area contributed by atoms with Crippen LogP contribution in [0, 0.1) is 0 Å². The highest BCUT2D eigenvalue weighted by molar-refractivity contribution is 5.94. The summed E-state index contributed by atoms with van der Waals surface area (Å²) in [6, 6.07) is 12.6. The van der Waals surface area contributed by atoms with Crippen LogP contribution in [0.4, 0.5) is 0 Å². The number of amides is 2. The second-order valence-electron chi connectivity index (χ2n) is 8.59. The molecule has 0 aliphatic rings. The maximum atomic E-state index is 12.3. The van der Waals surface area contributed by atoms with Gasteiger partial charge in [0.15, 0.2) is 11.5 Å². The van der Waals surface area contributed by atoms with Gasteiger partial charge in [0.1, 0.15) is 12.7 Å². The largest absolute Gasteiger partial charge is 0.493 e. The third-order valence-electron chi connectivity index (χ3n) is 4.99. The fraction of sp³-hybridized carbons (Fsp3) is 0.440. The first-order chi connectivity index (χ1) is 15.7. The van der Waals surface area contributed by atoms with Crippen LogP contribution in [0.15, 0.2) is 42.5 Å². The van der Waals surface area contributed by atoms with Gasteiger partial charge in [-0.3, -0.25) is 9.59 Å². The Kier molecular flexibility index (Phi) is 9.54. The van der Waals surface area contributed by atoms with E-state index in [4.69, 9.17) is 14.2 Å². The summed E-state index contributed by atoms with van der Waals surface area (Å²) in [6.45, 7) is 6.48. The number of hydrogen-bond acceptors (Lipinski definition) is 6. The maximum absolute atomic E-state index is 12.3. The Labute approximate surface area is 195 Å². The van der Waals surface area contributed by atoms with Crippen molar-refractivity contribution in [2.24, 2.45) is 0 Å². The molecular weight excluding hydrogens is 424 g/mol. The molecule has 8 heteroatoms. The summed E-state index contributed by atoms with van der Waals surface area (Å²) < 4.78 is 16.1. The molecule has 8 nitrogen and oxygen atoms in total. The van der Waals surface area contributed by atoms with Gasteiger partial charge in [0, 0.05) is 25.1 Å². The van der Waals surface area contributed by atoms with E-state index >= 15 is 0 Å². The molecule has 180 valence electrons. The van der Waals surface area contributed by atoms with Crippen molar-refractivity contribution in [2.45, 2.75) is 38.7 Å². The van der Waals surface area contributed by atoms with Gasteiger partial charge in [-0.2, -0.15) is 0 Å². The second kappa shape index (κ2) is 12.1. The molecule has 0 spiro atoms. The van der Waals surface area contributed by atoms with E-state index in [2.05, 4.69) is 31.4 Å². The lowest BCUT2D eigenvalue weighted by Crippen LogP contribution is -2.37. The molecule has 1 atom stereocenters. The minimum atomic E-state index is -0.931. The Morgan fingerprint density at radius 1 is 0.970 bits per heavy atom. The van der Waals surface area contributed by atoms with Crippen molar-refractivity contribution >= 4 is 11.8 Å². The van der Waals surface area contributed by atoms with Gasteiger partial charge >= 0.3 is 0 Å². The minimum Gasteiger partial charge on any atom is -0.493 e. The lowest BCUT2D eigenvalue weighted by atomic mass is 9.87. The first kappa shape index (κ1) is 26.0. The summed E-state index contributed by atoms with van der Waals surface area (Å²) in [5.41, 5.74) is 1.70. The van der Waals surface area contributed by atoms with Crippen LogP contribution in [0.3, 0.4) is 0 Å². The van der Waals surface area contributed by atoms with E-state index in [0.29, 0.717) is 22.8 Å². The van der Waals surface area contributed by atoms with Crippen molar-refractivity contribution in [2.75, 3.05) is 33.9 Å². The number of aliphatic hydroxyl groups excluding tert-OH is 1. The smallest absolute Gasteiger partial charge is 0.251 e. The van der Waals surface area contributed by atoms with Crippen molar-refractivity contribution < 1.29 is 28.9 Å². The highest BCUT2D eigenvalue weighted by Crippen LogP contribution is 2.36. The fourth-order valence-electron chi connectivity index (χ4n) is 3.03. The van der Waals surface area contributed by atoms with Crippen LogP contribution >= 0.6 is 0 Å². The zero-order valence-corrected chi connectivity index (χ0v) is 19.9. The summed E-state index contributed by atoms with van der Waals surface area (Å²) in [4.78, 5) is 24.3. The third kappa shape index (κ3) is 7.98. The van der Waals surface area contributed by atoms with Crippen molar-refractivity contribution in [3.63, 3.8) is 0 Å². The van der Waals surface area contributed by atoms with E-state index in [1.54, 1.807) is 30.3 Å². The van der Waals surface area contributed by atoms with Gasteiger partial charge in [0.25, 0.3) is 5.91 Å². The Morgan fingerprint density at radius 3 is 2.12 bits per heavy atom. The average Bonchev–Trinajstić information content (AvgIpc) is 2.80. The maximum Gasteiger partial charge on any atom is 0.251 e. The SMILES string of the molecule is COc1cccc(OC)c1OCC(O)CNC(=O)CCNC(=O)c1ccc(C(C)(C)C)cc1. The molecule has 0 aliphatic heterocycles. The minimum absolute atomic E-state index is 0.0124. The molecule has 0 fully saturated rings. The van der Waals surface area contributed by atoms with Gasteiger partial charge in [0.2, 0.25) is 11.7 Å². The Balaban J connectivity index is 1.71. The number of nitrogens with one attached hydrogen (secondary N) is 2. The van der Waals surface area contributed by atoms with Gasteiger partial charge < -0.3 is 30.0 Å². The Hall–Kier alpha value is -3.26. The summed E-state index contributed by atoms with van der Waals surface area (Å²) in [5, 5.41) is 15.5. The van der Waals surface area contributed by atoms with Crippen LogP contribution in [0.25, 0.3) is 0 Å². The van der Waals surface area contributed by atoms with Crippen LogP contribution < -0.4 is 24.8 Å². The van der Waals surface area contributed by atoms with Gasteiger partial charge in [0.05, 0.1) is 14.2 Å². The number of ether oxygens (including phenoxy) is 3. The zero-order chi connectivity index (χ0) is 24.4. The second-order valence-corrected chi connectivity index (χ2v) is 8.59. The number of hydrogen-bond donors (Lipinski definition) is 3. The van der Waals surface area contributed by atoms with E-state index in [9.17, 15) is 14.7 Å². The molecule has 0 bridgehead atoms. The monoisotopic (exact) mass is 458 g/mol. The first-order valence-corrected chi connectivity index (χ1v) is 10.8. The predicted molar refractivity (Wildman–Crippen MR) is 126 cm³/mol. The van der Waals surface area contributed by atoms with Crippen LogP contribution in [-0.4, -0.2) is 56.9 Å². The molecule has 0 saturated carbocycles. The fourth-order valence-corrected chi connectivity index (χ4v) is 3.03. The summed E-state index contributed by atoms with van der Waals surface area (Å²) >= 11 is 0. The predicted octanol–water partition coefficient (Wildman–Crippen LogP) is 2.68. The summed E-state index contributed by atoms with van der Waals surface area (Å²) in [5.74, 6) is 0.824. The van der Waals surface area contributed by atoms with E-state index in [1.807, 2.05) is 12.1 Å². The number of carbonyl (C=O) groups excluding carboxylic acids is 2. The highest BCUT2D eigenvalue weighted by Gasteiger charge is 2.16. The highest BCUT2D eigenvalue weighted by atomic mass is 16.5. The number of aliphatic hydroxyl groups is 1. The van der Waals surface area contributed by atoms with Crippen molar-refractivity contribution in [1.29, 1.82) is 0 Å². The Bertz CT molecular complexity index is 899. The Morgan fingerprint density at radius 2 is 1.58 bits per heavy atom. The third-order valence-corrected chi connectivity index (χ3v) is 4.99. The van der Waals surface area contributed by atoms with E-state index in [0.717, 1.165) is 5.56 Å². The zero-order valence-electron chi connectivity index (χ0n) is 19.9. The molecule has 0 heterocycles. The van der Waals surface area contributed by atoms with E-state index in [1.165, 1.54) is 14.2 Å². The molecule has 2 aromatic carbocycles. The number of benzene rings is 2. The van der Waals surface area contributed by atoms with Gasteiger partial charge in [-0.15, -0.1) is 0 Å². The first-order valence-electron chi connectivity index (χ1n) is 10.8. The van der Waals surface area contributed by atoms with Crippen LogP contribution in [-0.2, 0) is 10.2 Å². The van der Waals surface area contributed by atoms with Gasteiger partial charge in [-0.1, -0.05) is 39.0 Å². The molecule has 2 rings (SSSR count). The molecule has 33 heavy (non-hydrogen) atoms. The molecule has 0 aromatic heterocycles. The lowest BCUT2D eigenvalue weighted by molar-refractivity contribution is -0.121. The van der Waals surface area contributed by atoms with Crippen molar-refractivity contribution in [3.8, 4) is 17.2 Å². The molecule has 2 aromatic rings. The number of carbonyl (C=O) groups is 2. The molecule has 0 radical (unpaired) electrons. The van der Waals surface area contributed by atoms with Crippen LogP contribution in [0.1, 0.15) is 43.1 Å². The molecule has 0 saturated heterocycles.